The maximum absolute atomic E-state index is 9.01. The predicted molar refractivity (Wildman–Crippen MR) is 147 cm³/mol. The third-order valence-corrected chi connectivity index (χ3v) is 6.00. The Morgan fingerprint density at radius 1 is 1.09 bits per heavy atom. The van der Waals surface area contributed by atoms with Crippen LogP contribution in [0.5, 0.6) is 0 Å². The largest absolute Gasteiger partial charge is 0.395 e. The zero-order valence-electron chi connectivity index (χ0n) is 21.3. The van der Waals surface area contributed by atoms with E-state index >= 15 is 0 Å². The van der Waals surface area contributed by atoms with Crippen molar-refractivity contribution < 1.29 is 5.11 Å². The van der Waals surface area contributed by atoms with E-state index in [1.165, 1.54) is 16.7 Å². The Balaban J connectivity index is 0.000000340. The fourth-order valence-electron chi connectivity index (χ4n) is 4.22. The fraction of sp³-hybridized carbons (Fsp3) is 0.400. The number of hydrogen-bond acceptors (Lipinski definition) is 4. The Kier molecular flexibility index (Phi) is 13.2. The van der Waals surface area contributed by atoms with Gasteiger partial charge in [-0.25, -0.2) is 0 Å². The van der Waals surface area contributed by atoms with E-state index in [-0.39, 0.29) is 18.7 Å². The third-order valence-electron chi connectivity index (χ3n) is 6.00. The van der Waals surface area contributed by atoms with E-state index in [0.29, 0.717) is 12.5 Å². The second-order valence-corrected chi connectivity index (χ2v) is 8.69. The van der Waals surface area contributed by atoms with Crippen molar-refractivity contribution in [3.63, 3.8) is 0 Å². The van der Waals surface area contributed by atoms with Crippen LogP contribution in [0.4, 0.5) is 0 Å². The van der Waals surface area contributed by atoms with Gasteiger partial charge in [-0.2, -0.15) is 0 Å². The molecule has 3 atom stereocenters. The monoisotopic (exact) mass is 461 g/mol. The van der Waals surface area contributed by atoms with Gasteiger partial charge in [0.05, 0.1) is 18.7 Å². The first-order valence-electron chi connectivity index (χ1n) is 12.4. The number of hydrogen-bond donors (Lipinski definition) is 3. The zero-order chi connectivity index (χ0) is 24.6. The van der Waals surface area contributed by atoms with Gasteiger partial charge in [-0.1, -0.05) is 111 Å². The molecular weight excluding hydrogens is 418 g/mol. The second-order valence-electron chi connectivity index (χ2n) is 8.69. The van der Waals surface area contributed by atoms with Crippen LogP contribution in [0.3, 0.4) is 0 Å². The minimum Gasteiger partial charge on any atom is -0.395 e. The van der Waals surface area contributed by atoms with Gasteiger partial charge in [0.1, 0.15) is 0 Å². The Labute approximate surface area is 207 Å². The summed E-state index contributed by atoms with van der Waals surface area (Å²) in [6.07, 6.45) is 23.9. The van der Waals surface area contributed by atoms with E-state index in [9.17, 15) is 0 Å². The van der Waals surface area contributed by atoms with Gasteiger partial charge >= 0.3 is 0 Å². The third kappa shape index (κ3) is 9.40. The molecule has 34 heavy (non-hydrogen) atoms. The van der Waals surface area contributed by atoms with E-state index in [1.807, 2.05) is 13.1 Å². The predicted octanol–water partition coefficient (Wildman–Crippen LogP) is 5.31. The molecule has 4 nitrogen and oxygen atoms in total. The van der Waals surface area contributed by atoms with Crippen molar-refractivity contribution in [3.05, 3.63) is 108 Å². The molecule has 0 bridgehead atoms. The summed E-state index contributed by atoms with van der Waals surface area (Å²) in [7, 11) is 4.13. The Morgan fingerprint density at radius 3 is 2.56 bits per heavy atom. The van der Waals surface area contributed by atoms with Gasteiger partial charge in [-0.15, -0.1) is 0 Å². The molecule has 0 heterocycles. The van der Waals surface area contributed by atoms with Gasteiger partial charge in [0.2, 0.25) is 0 Å². The summed E-state index contributed by atoms with van der Waals surface area (Å²) in [4.78, 5) is 2.30. The van der Waals surface area contributed by atoms with Crippen molar-refractivity contribution in [1.29, 1.82) is 0 Å². The molecule has 0 radical (unpaired) electrons. The van der Waals surface area contributed by atoms with Crippen LogP contribution in [0.1, 0.15) is 38.3 Å². The average Bonchev–Trinajstić information content (AvgIpc) is 3.26. The number of benzene rings is 1. The minimum absolute atomic E-state index is 0.152. The first-order chi connectivity index (χ1) is 16.6. The highest BCUT2D eigenvalue weighted by Gasteiger charge is 2.27. The summed E-state index contributed by atoms with van der Waals surface area (Å²) in [6.45, 7) is 5.87. The van der Waals surface area contributed by atoms with E-state index in [4.69, 9.17) is 5.11 Å². The zero-order valence-corrected chi connectivity index (χ0v) is 21.3. The molecule has 0 spiro atoms. The van der Waals surface area contributed by atoms with Gasteiger partial charge < -0.3 is 15.7 Å². The minimum atomic E-state index is 0.152. The van der Waals surface area contributed by atoms with Crippen LogP contribution in [0.2, 0.25) is 0 Å². The Bertz CT molecular complexity index is 880. The highest BCUT2D eigenvalue weighted by molar-refractivity contribution is 5.35. The van der Waals surface area contributed by atoms with Gasteiger partial charge in [0.15, 0.2) is 0 Å². The molecule has 2 aliphatic rings. The first-order valence-corrected chi connectivity index (χ1v) is 12.4. The van der Waals surface area contributed by atoms with Crippen molar-refractivity contribution in [3.8, 4) is 0 Å². The molecule has 3 N–H and O–H groups in total. The van der Waals surface area contributed by atoms with Gasteiger partial charge in [-0.3, -0.25) is 4.90 Å². The van der Waals surface area contributed by atoms with Crippen LogP contribution >= 0.6 is 0 Å². The smallest absolute Gasteiger partial charge is 0.0556 e. The van der Waals surface area contributed by atoms with Gasteiger partial charge in [0.25, 0.3) is 0 Å². The van der Waals surface area contributed by atoms with Gasteiger partial charge in [0, 0.05) is 13.2 Å². The van der Waals surface area contributed by atoms with Crippen LogP contribution in [0.15, 0.2) is 102 Å². The van der Waals surface area contributed by atoms with Crippen molar-refractivity contribution in [2.75, 3.05) is 33.9 Å². The molecule has 0 aliphatic heterocycles. The molecule has 3 rings (SSSR count). The van der Waals surface area contributed by atoms with E-state index in [1.54, 1.807) is 0 Å². The molecule has 0 amide bonds. The normalized spacial score (nSPS) is 18.9. The summed E-state index contributed by atoms with van der Waals surface area (Å²) in [6, 6.07) is 10.9. The molecule has 3 unspecified atom stereocenters. The number of aliphatic hydroxyl groups excluding tert-OH is 1. The number of nitrogens with one attached hydrogen (secondary N) is 2. The highest BCUT2D eigenvalue weighted by Crippen LogP contribution is 2.27. The molecule has 1 aromatic carbocycles. The summed E-state index contributed by atoms with van der Waals surface area (Å²) >= 11 is 0. The quantitative estimate of drug-likeness (QED) is 0.326. The number of rotatable bonds is 10. The number of allylic oxidation sites excluding steroid dienone is 10. The van der Waals surface area contributed by atoms with E-state index in [0.717, 1.165) is 19.5 Å². The molecule has 0 saturated heterocycles. The highest BCUT2D eigenvalue weighted by atomic mass is 16.3. The summed E-state index contributed by atoms with van der Waals surface area (Å²) in [5.74, 6) is 0.602. The Morgan fingerprint density at radius 2 is 1.85 bits per heavy atom. The molecule has 1 aromatic rings. The van der Waals surface area contributed by atoms with Gasteiger partial charge in [-0.05, 0) is 44.0 Å². The number of nitrogens with zero attached hydrogens (tertiary/aromatic N) is 1. The summed E-state index contributed by atoms with van der Waals surface area (Å²) in [5, 5.41) is 15.8. The van der Waals surface area contributed by atoms with E-state index < -0.39 is 0 Å². The first kappa shape index (κ1) is 27.7. The lowest BCUT2D eigenvalue weighted by Crippen LogP contribution is -2.46. The maximum Gasteiger partial charge on any atom is 0.0556 e. The van der Waals surface area contributed by atoms with E-state index in [2.05, 4.69) is 121 Å². The lowest BCUT2D eigenvalue weighted by atomic mass is 9.91. The van der Waals surface area contributed by atoms with Crippen molar-refractivity contribution in [1.82, 2.24) is 15.5 Å². The molecule has 2 aliphatic carbocycles. The average molecular weight is 462 g/mol. The molecule has 184 valence electrons. The number of aliphatic hydroxyl groups is 1. The van der Waals surface area contributed by atoms with Crippen LogP contribution in [-0.2, 0) is 0 Å². The van der Waals surface area contributed by atoms with Crippen molar-refractivity contribution in [2.45, 2.75) is 38.8 Å². The van der Waals surface area contributed by atoms with Crippen molar-refractivity contribution in [2.24, 2.45) is 5.92 Å². The topological polar surface area (TPSA) is 47.5 Å². The lowest BCUT2D eigenvalue weighted by molar-refractivity contribution is 0.202. The molecule has 0 saturated carbocycles. The van der Waals surface area contributed by atoms with Crippen LogP contribution < -0.4 is 10.6 Å². The summed E-state index contributed by atoms with van der Waals surface area (Å²) in [5.41, 5.74) is 4.01. The van der Waals surface area contributed by atoms with Crippen molar-refractivity contribution >= 4 is 0 Å². The molecule has 4 heteroatoms. The SMILES string of the molecule is CCC1=CC(C)C=CC=C1.CNC(c1ccccc1)C(C1=CCC=CC=C1)N(C)CNCCO. The molecule has 0 fully saturated rings. The maximum atomic E-state index is 9.01. The lowest BCUT2D eigenvalue weighted by Gasteiger charge is -2.36. The van der Waals surface area contributed by atoms with Crippen LogP contribution in [0, 0.1) is 5.92 Å². The standard InChI is InChI=1S/C20H29N3O.C10H14/c1-21-19(17-10-8-5-9-11-17)20(23(2)16-22-14-15-24)18-12-6-3-4-7-13-18;1-3-10-7-5-4-6-9(2)8-10/h3-6,8-13,19-22,24H,7,14-16H2,1-2H3;4-9H,3H2,1-2H3. The van der Waals surface area contributed by atoms with Crippen LogP contribution in [0.25, 0.3) is 0 Å². The fourth-order valence-corrected chi connectivity index (χ4v) is 4.22. The second kappa shape index (κ2) is 16.2. The molecule has 0 aromatic heterocycles. The summed E-state index contributed by atoms with van der Waals surface area (Å²) < 4.78 is 0. The Hall–Kier alpha value is -2.50. The number of likely N-dealkylation sites (N-methyl/N-ethyl adjacent to an activating group) is 2. The van der Waals surface area contributed by atoms with Crippen LogP contribution in [-0.4, -0.2) is 50.0 Å². The molecular formula is C30H43N3O.